The highest BCUT2D eigenvalue weighted by Gasteiger charge is 2.35. The smallest absolute Gasteiger partial charge is 0.417 e. The summed E-state index contributed by atoms with van der Waals surface area (Å²) in [7, 11) is 0. The fourth-order valence-electron chi connectivity index (χ4n) is 4.33. The fraction of sp³-hybridized carbons (Fsp3) is 0.179. The van der Waals surface area contributed by atoms with E-state index < -0.39 is 17.6 Å². The number of rotatable bonds is 7. The van der Waals surface area contributed by atoms with Crippen LogP contribution in [-0.4, -0.2) is 27.3 Å². The van der Waals surface area contributed by atoms with Gasteiger partial charge in [0.25, 0.3) is 5.89 Å². The Balaban J connectivity index is 1.49. The molecule has 194 valence electrons. The average molecular weight is 523 g/mol. The van der Waals surface area contributed by atoms with Crippen molar-refractivity contribution >= 4 is 16.9 Å². The van der Waals surface area contributed by atoms with Gasteiger partial charge >= 0.3 is 12.1 Å². The number of carbonyl (C=O) groups is 1. The van der Waals surface area contributed by atoms with Crippen LogP contribution in [0.2, 0.25) is 0 Å². The SMILES string of the molecule is CCOC(=O)CCn1ccc2c(-c3noc(-c4ccc(-c5ccccc5F)c(C(F)(F)F)c4)n3)cccc21. The van der Waals surface area contributed by atoms with Crippen molar-refractivity contribution in [1.29, 1.82) is 0 Å². The topological polar surface area (TPSA) is 70.2 Å². The number of aromatic nitrogens is 3. The summed E-state index contributed by atoms with van der Waals surface area (Å²) in [6.07, 6.45) is -2.71. The van der Waals surface area contributed by atoms with E-state index in [-0.39, 0.29) is 40.8 Å². The highest BCUT2D eigenvalue weighted by atomic mass is 19.4. The van der Waals surface area contributed by atoms with Crippen molar-refractivity contribution in [2.75, 3.05) is 6.61 Å². The number of benzene rings is 3. The van der Waals surface area contributed by atoms with Gasteiger partial charge in [-0.15, -0.1) is 0 Å². The number of aryl methyl sites for hydroxylation is 1. The third kappa shape index (κ3) is 4.89. The number of fused-ring (bicyclic) bond motifs is 1. The van der Waals surface area contributed by atoms with Gasteiger partial charge in [-0.3, -0.25) is 4.79 Å². The monoisotopic (exact) mass is 523 g/mol. The zero-order valence-corrected chi connectivity index (χ0v) is 20.1. The van der Waals surface area contributed by atoms with Crippen molar-refractivity contribution in [2.24, 2.45) is 0 Å². The summed E-state index contributed by atoms with van der Waals surface area (Å²) in [6.45, 7) is 2.47. The Morgan fingerprint density at radius 2 is 1.79 bits per heavy atom. The fourth-order valence-corrected chi connectivity index (χ4v) is 4.33. The van der Waals surface area contributed by atoms with E-state index in [1.165, 1.54) is 30.3 Å². The van der Waals surface area contributed by atoms with Gasteiger partial charge in [0.2, 0.25) is 5.82 Å². The summed E-state index contributed by atoms with van der Waals surface area (Å²) in [5.41, 5.74) is 0.0406. The minimum Gasteiger partial charge on any atom is -0.466 e. The lowest BCUT2D eigenvalue weighted by atomic mass is 9.96. The first-order chi connectivity index (χ1) is 18.3. The maximum absolute atomic E-state index is 14.3. The van der Waals surface area contributed by atoms with Gasteiger partial charge in [0.05, 0.1) is 18.6 Å². The number of alkyl halides is 3. The van der Waals surface area contributed by atoms with Crippen LogP contribution in [0.3, 0.4) is 0 Å². The van der Waals surface area contributed by atoms with Gasteiger partial charge in [0, 0.05) is 40.3 Å². The van der Waals surface area contributed by atoms with Gasteiger partial charge in [-0.2, -0.15) is 18.2 Å². The van der Waals surface area contributed by atoms with Gasteiger partial charge < -0.3 is 13.8 Å². The quantitative estimate of drug-likeness (QED) is 0.168. The van der Waals surface area contributed by atoms with Crippen molar-refractivity contribution in [3.05, 3.63) is 84.3 Å². The largest absolute Gasteiger partial charge is 0.466 e. The van der Waals surface area contributed by atoms with Crippen molar-refractivity contribution in [3.8, 4) is 34.0 Å². The molecule has 0 atom stereocenters. The van der Waals surface area contributed by atoms with Crippen LogP contribution >= 0.6 is 0 Å². The average Bonchev–Trinajstić information content (AvgIpc) is 3.55. The number of nitrogens with zero attached hydrogens (tertiary/aromatic N) is 3. The number of ether oxygens (including phenoxy) is 1. The van der Waals surface area contributed by atoms with Crippen molar-refractivity contribution in [3.63, 3.8) is 0 Å². The second-order valence-corrected chi connectivity index (χ2v) is 8.46. The molecule has 0 saturated carbocycles. The Kier molecular flexibility index (Phi) is 6.71. The molecule has 5 rings (SSSR count). The second kappa shape index (κ2) is 10.1. The Morgan fingerprint density at radius 1 is 1.00 bits per heavy atom. The molecule has 0 aliphatic carbocycles. The van der Waals surface area contributed by atoms with Crippen LogP contribution in [0, 0.1) is 5.82 Å². The third-order valence-corrected chi connectivity index (χ3v) is 6.08. The predicted molar refractivity (Wildman–Crippen MR) is 132 cm³/mol. The van der Waals surface area contributed by atoms with Crippen LogP contribution in [-0.2, 0) is 22.3 Å². The van der Waals surface area contributed by atoms with Crippen LogP contribution in [0.15, 0.2) is 77.4 Å². The van der Waals surface area contributed by atoms with E-state index in [1.807, 2.05) is 22.9 Å². The molecular weight excluding hydrogens is 502 g/mol. The number of halogens is 4. The Labute approximate surface area is 214 Å². The van der Waals surface area contributed by atoms with E-state index in [4.69, 9.17) is 9.26 Å². The number of carbonyl (C=O) groups excluding carboxylic acids is 1. The molecule has 10 heteroatoms. The molecular formula is C28H21F4N3O3. The molecule has 0 radical (unpaired) electrons. The summed E-state index contributed by atoms with van der Waals surface area (Å²) >= 11 is 0. The molecule has 0 unspecified atom stereocenters. The molecule has 3 aromatic carbocycles. The highest BCUT2D eigenvalue weighted by Crippen LogP contribution is 2.40. The van der Waals surface area contributed by atoms with Crippen LogP contribution < -0.4 is 0 Å². The minimum atomic E-state index is -4.74. The summed E-state index contributed by atoms with van der Waals surface area (Å²) in [5, 5.41) is 4.78. The summed E-state index contributed by atoms with van der Waals surface area (Å²) in [5.74, 6) is -0.967. The Bertz CT molecular complexity index is 1620. The predicted octanol–water partition coefficient (Wildman–Crippen LogP) is 7.14. The van der Waals surface area contributed by atoms with E-state index in [9.17, 15) is 22.4 Å². The lowest BCUT2D eigenvalue weighted by Gasteiger charge is -2.14. The zero-order valence-electron chi connectivity index (χ0n) is 20.1. The molecule has 0 N–H and O–H groups in total. The Hall–Kier alpha value is -4.47. The molecule has 2 aromatic heterocycles. The molecule has 6 nitrogen and oxygen atoms in total. The standard InChI is InChI=1S/C28H21F4N3O3/c1-2-37-25(36)13-15-35-14-12-20-21(7-5-9-24(20)35)26-33-27(38-34-26)17-10-11-18(22(16-17)28(30,31)32)19-6-3-4-8-23(19)29/h3-12,14,16H,2,13,15H2,1H3. The lowest BCUT2D eigenvalue weighted by molar-refractivity contribution is -0.143. The van der Waals surface area contributed by atoms with Crippen LogP contribution in [0.1, 0.15) is 18.9 Å². The third-order valence-electron chi connectivity index (χ3n) is 6.08. The van der Waals surface area contributed by atoms with Crippen molar-refractivity contribution in [1.82, 2.24) is 14.7 Å². The maximum Gasteiger partial charge on any atom is 0.417 e. The first-order valence-electron chi connectivity index (χ1n) is 11.8. The van der Waals surface area contributed by atoms with Gasteiger partial charge in [0.1, 0.15) is 5.82 Å². The molecule has 0 aliphatic heterocycles. The number of hydrogen-bond donors (Lipinski definition) is 0. The number of hydrogen-bond acceptors (Lipinski definition) is 5. The highest BCUT2D eigenvalue weighted by molar-refractivity contribution is 5.94. The maximum atomic E-state index is 14.3. The number of esters is 1. The minimum absolute atomic E-state index is 0.0512. The van der Waals surface area contributed by atoms with Crippen LogP contribution in [0.4, 0.5) is 17.6 Å². The normalized spacial score (nSPS) is 11.7. The molecule has 0 amide bonds. The molecule has 2 heterocycles. The van der Waals surface area contributed by atoms with Gasteiger partial charge in [-0.1, -0.05) is 41.6 Å². The second-order valence-electron chi connectivity index (χ2n) is 8.46. The zero-order chi connectivity index (χ0) is 26.9. The first-order valence-corrected chi connectivity index (χ1v) is 11.8. The van der Waals surface area contributed by atoms with E-state index >= 15 is 0 Å². The summed E-state index contributed by atoms with van der Waals surface area (Å²) in [4.78, 5) is 16.1. The van der Waals surface area contributed by atoms with Gasteiger partial charge in [-0.25, -0.2) is 4.39 Å². The van der Waals surface area contributed by atoms with Crippen molar-refractivity contribution < 1.29 is 31.6 Å². The van der Waals surface area contributed by atoms with Gasteiger partial charge in [-0.05, 0) is 42.8 Å². The van der Waals surface area contributed by atoms with E-state index in [1.54, 1.807) is 19.1 Å². The van der Waals surface area contributed by atoms with Crippen LogP contribution in [0.25, 0.3) is 44.9 Å². The molecule has 0 saturated heterocycles. The lowest BCUT2D eigenvalue weighted by Crippen LogP contribution is -2.08. The van der Waals surface area contributed by atoms with Crippen LogP contribution in [0.5, 0.6) is 0 Å². The molecule has 5 aromatic rings. The molecule has 0 spiro atoms. The van der Waals surface area contributed by atoms with Crippen molar-refractivity contribution in [2.45, 2.75) is 26.1 Å². The van der Waals surface area contributed by atoms with E-state index in [0.29, 0.717) is 18.7 Å². The molecule has 0 bridgehead atoms. The Morgan fingerprint density at radius 3 is 2.55 bits per heavy atom. The molecule has 38 heavy (non-hydrogen) atoms. The molecule has 0 fully saturated rings. The van der Waals surface area contributed by atoms with E-state index in [2.05, 4.69) is 10.1 Å². The summed E-state index contributed by atoms with van der Waals surface area (Å²) in [6, 6.07) is 16.0. The van der Waals surface area contributed by atoms with Gasteiger partial charge in [0.15, 0.2) is 0 Å². The van der Waals surface area contributed by atoms with E-state index in [0.717, 1.165) is 23.0 Å². The summed E-state index contributed by atoms with van der Waals surface area (Å²) < 4.78 is 68.3. The first kappa shape index (κ1) is 25.2. The molecule has 0 aliphatic rings.